The number of anilines is 2. The van der Waals surface area contributed by atoms with Crippen molar-refractivity contribution in [1.29, 1.82) is 0 Å². The minimum Gasteiger partial charge on any atom is -0.374 e. The van der Waals surface area contributed by atoms with E-state index in [1.807, 2.05) is 60.7 Å². The van der Waals surface area contributed by atoms with E-state index in [0.29, 0.717) is 13.1 Å². The summed E-state index contributed by atoms with van der Waals surface area (Å²) in [5.74, 6) is 11.6. The molecule has 0 unspecified atom stereocenters. The normalized spacial score (nSPS) is 8.60. The van der Waals surface area contributed by atoms with E-state index in [-0.39, 0.29) is 0 Å². The Labute approximate surface area is 120 Å². The summed E-state index contributed by atoms with van der Waals surface area (Å²) >= 11 is 0. The molecular formula is C18H16N2. The van der Waals surface area contributed by atoms with Gasteiger partial charge in [-0.15, -0.1) is 0 Å². The number of para-hydroxylation sites is 2. The van der Waals surface area contributed by atoms with E-state index in [9.17, 15) is 0 Å². The molecular weight excluding hydrogens is 244 g/mol. The second-order valence-electron chi connectivity index (χ2n) is 4.04. The van der Waals surface area contributed by atoms with Gasteiger partial charge in [-0.05, 0) is 36.1 Å². The van der Waals surface area contributed by atoms with Gasteiger partial charge in [-0.2, -0.15) is 0 Å². The molecule has 98 valence electrons. The first-order valence-electron chi connectivity index (χ1n) is 6.49. The SMILES string of the molecule is C(C#CCNc1ccccc1)#CCNc1ccccc1. The van der Waals surface area contributed by atoms with Crippen LogP contribution in [0.25, 0.3) is 0 Å². The molecule has 2 N–H and O–H groups in total. The fraction of sp³-hybridized carbons (Fsp3) is 0.111. The quantitative estimate of drug-likeness (QED) is 0.825. The lowest BCUT2D eigenvalue weighted by Gasteiger charge is -1.99. The summed E-state index contributed by atoms with van der Waals surface area (Å²) in [4.78, 5) is 0. The van der Waals surface area contributed by atoms with E-state index in [1.165, 1.54) is 0 Å². The summed E-state index contributed by atoms with van der Waals surface area (Å²) in [6, 6.07) is 20.0. The molecule has 0 radical (unpaired) electrons. The average molecular weight is 260 g/mol. The van der Waals surface area contributed by atoms with Crippen LogP contribution in [0.2, 0.25) is 0 Å². The number of nitrogens with one attached hydrogen (secondary N) is 2. The molecule has 0 aliphatic heterocycles. The molecule has 0 saturated carbocycles. The van der Waals surface area contributed by atoms with Crippen LogP contribution in [0.4, 0.5) is 11.4 Å². The third kappa shape index (κ3) is 5.21. The molecule has 2 aromatic rings. The Hall–Kier alpha value is -2.84. The molecule has 2 nitrogen and oxygen atoms in total. The Morgan fingerprint density at radius 3 is 1.40 bits per heavy atom. The number of hydrogen-bond acceptors (Lipinski definition) is 2. The van der Waals surface area contributed by atoms with Gasteiger partial charge in [-0.3, -0.25) is 0 Å². The molecule has 0 spiro atoms. The Balaban J connectivity index is 1.66. The first-order valence-corrected chi connectivity index (χ1v) is 6.49. The van der Waals surface area contributed by atoms with Gasteiger partial charge in [0.15, 0.2) is 0 Å². The summed E-state index contributed by atoms with van der Waals surface area (Å²) in [7, 11) is 0. The maximum Gasteiger partial charge on any atom is 0.0776 e. The third-order valence-electron chi connectivity index (χ3n) is 2.55. The van der Waals surface area contributed by atoms with Crippen LogP contribution in [0.3, 0.4) is 0 Å². The van der Waals surface area contributed by atoms with Crippen molar-refractivity contribution in [2.24, 2.45) is 0 Å². The lowest BCUT2D eigenvalue weighted by molar-refractivity contribution is 1.38. The van der Waals surface area contributed by atoms with Crippen molar-refractivity contribution in [3.8, 4) is 23.7 Å². The summed E-state index contributed by atoms with van der Waals surface area (Å²) < 4.78 is 0. The summed E-state index contributed by atoms with van der Waals surface area (Å²) in [5, 5.41) is 6.41. The van der Waals surface area contributed by atoms with Crippen LogP contribution in [-0.2, 0) is 0 Å². The van der Waals surface area contributed by atoms with Gasteiger partial charge < -0.3 is 10.6 Å². The second-order valence-corrected chi connectivity index (χ2v) is 4.04. The number of benzene rings is 2. The average Bonchev–Trinajstić information content (AvgIpc) is 2.52. The smallest absolute Gasteiger partial charge is 0.0776 e. The van der Waals surface area contributed by atoms with Crippen LogP contribution in [0, 0.1) is 23.7 Å². The van der Waals surface area contributed by atoms with Gasteiger partial charge in [0.2, 0.25) is 0 Å². The van der Waals surface area contributed by atoms with Gasteiger partial charge in [0.25, 0.3) is 0 Å². The highest BCUT2D eigenvalue weighted by molar-refractivity contribution is 5.45. The minimum absolute atomic E-state index is 0.602. The fourth-order valence-corrected chi connectivity index (χ4v) is 1.58. The Bertz CT molecular complexity index is 566. The van der Waals surface area contributed by atoms with E-state index in [2.05, 4.69) is 34.3 Å². The highest BCUT2D eigenvalue weighted by Gasteiger charge is 1.85. The van der Waals surface area contributed by atoms with Crippen molar-refractivity contribution in [3.63, 3.8) is 0 Å². The molecule has 0 aromatic heterocycles. The van der Waals surface area contributed by atoms with Crippen LogP contribution in [0.1, 0.15) is 0 Å². The Morgan fingerprint density at radius 2 is 1.00 bits per heavy atom. The van der Waals surface area contributed by atoms with E-state index in [4.69, 9.17) is 0 Å². The van der Waals surface area contributed by atoms with Crippen molar-refractivity contribution < 1.29 is 0 Å². The van der Waals surface area contributed by atoms with E-state index >= 15 is 0 Å². The molecule has 2 heteroatoms. The first-order chi connectivity index (χ1) is 9.95. The molecule has 2 rings (SSSR count). The molecule has 0 amide bonds. The van der Waals surface area contributed by atoms with Crippen molar-refractivity contribution in [3.05, 3.63) is 60.7 Å². The minimum atomic E-state index is 0.602. The molecule has 0 bridgehead atoms. The monoisotopic (exact) mass is 260 g/mol. The van der Waals surface area contributed by atoms with Gasteiger partial charge in [-0.25, -0.2) is 0 Å². The predicted molar refractivity (Wildman–Crippen MR) is 85.4 cm³/mol. The Kier molecular flexibility index (Phi) is 5.64. The van der Waals surface area contributed by atoms with Crippen molar-refractivity contribution in [2.45, 2.75) is 0 Å². The molecule has 0 fully saturated rings. The van der Waals surface area contributed by atoms with Crippen LogP contribution >= 0.6 is 0 Å². The molecule has 0 atom stereocenters. The summed E-state index contributed by atoms with van der Waals surface area (Å²) in [6.07, 6.45) is 0. The maximum atomic E-state index is 3.20. The predicted octanol–water partition coefficient (Wildman–Crippen LogP) is 3.22. The zero-order chi connectivity index (χ0) is 13.9. The molecule has 2 aromatic carbocycles. The van der Waals surface area contributed by atoms with Gasteiger partial charge >= 0.3 is 0 Å². The third-order valence-corrected chi connectivity index (χ3v) is 2.55. The van der Waals surface area contributed by atoms with E-state index in [1.54, 1.807) is 0 Å². The van der Waals surface area contributed by atoms with Crippen LogP contribution < -0.4 is 10.6 Å². The zero-order valence-electron chi connectivity index (χ0n) is 11.2. The standard InChI is InChI=1S/C18H16N2/c1(9-15-19-17-11-5-3-6-12-17)2-10-16-20-18-13-7-4-8-14-18/h3-8,11-14,19-20H,15-16H2. The van der Waals surface area contributed by atoms with Crippen molar-refractivity contribution >= 4 is 11.4 Å². The Morgan fingerprint density at radius 1 is 0.600 bits per heavy atom. The second kappa shape index (κ2) is 8.29. The highest BCUT2D eigenvalue weighted by Crippen LogP contribution is 2.03. The lowest BCUT2D eigenvalue weighted by Crippen LogP contribution is -1.98. The van der Waals surface area contributed by atoms with E-state index < -0.39 is 0 Å². The van der Waals surface area contributed by atoms with Gasteiger partial charge in [-0.1, -0.05) is 48.2 Å². The molecule has 0 heterocycles. The van der Waals surface area contributed by atoms with Crippen molar-refractivity contribution in [2.75, 3.05) is 23.7 Å². The first kappa shape index (κ1) is 13.6. The van der Waals surface area contributed by atoms with Gasteiger partial charge in [0, 0.05) is 11.4 Å². The molecule has 20 heavy (non-hydrogen) atoms. The molecule has 0 saturated heterocycles. The summed E-state index contributed by atoms with van der Waals surface area (Å²) in [5.41, 5.74) is 2.14. The van der Waals surface area contributed by atoms with Crippen LogP contribution in [0.15, 0.2) is 60.7 Å². The fourth-order valence-electron chi connectivity index (χ4n) is 1.58. The van der Waals surface area contributed by atoms with Gasteiger partial charge in [0.1, 0.15) is 0 Å². The largest absolute Gasteiger partial charge is 0.374 e. The van der Waals surface area contributed by atoms with Crippen molar-refractivity contribution in [1.82, 2.24) is 0 Å². The van der Waals surface area contributed by atoms with Gasteiger partial charge in [0.05, 0.1) is 13.1 Å². The van der Waals surface area contributed by atoms with E-state index in [0.717, 1.165) is 11.4 Å². The highest BCUT2D eigenvalue weighted by atomic mass is 14.9. The summed E-state index contributed by atoms with van der Waals surface area (Å²) in [6.45, 7) is 1.20. The zero-order valence-corrected chi connectivity index (χ0v) is 11.2. The maximum absolute atomic E-state index is 3.20. The topological polar surface area (TPSA) is 24.1 Å². The lowest BCUT2D eigenvalue weighted by atomic mass is 10.3. The molecule has 0 aliphatic carbocycles. The molecule has 0 aliphatic rings. The van der Waals surface area contributed by atoms with Crippen LogP contribution in [0.5, 0.6) is 0 Å². The number of rotatable bonds is 4. The number of hydrogen-bond donors (Lipinski definition) is 2. The van der Waals surface area contributed by atoms with Crippen LogP contribution in [-0.4, -0.2) is 13.1 Å².